The largest absolute Gasteiger partial charge is 0.467 e. The van der Waals surface area contributed by atoms with Crippen molar-refractivity contribution >= 4 is 17.8 Å². The molecule has 0 aliphatic carbocycles. The number of benzene rings is 1. The molecule has 9 nitrogen and oxygen atoms in total. The number of nitrogens with one attached hydrogen (secondary N) is 1. The van der Waals surface area contributed by atoms with E-state index >= 15 is 0 Å². The number of amides is 1. The molecule has 3 heterocycles. The summed E-state index contributed by atoms with van der Waals surface area (Å²) >= 11 is 0. The number of allylic oxidation sites excluding steroid dienone is 1. The maximum absolute atomic E-state index is 13.0. The average molecular weight is 435 g/mol. The zero-order chi connectivity index (χ0) is 22.7. The van der Waals surface area contributed by atoms with E-state index in [0.29, 0.717) is 23.0 Å². The summed E-state index contributed by atoms with van der Waals surface area (Å²) in [4.78, 5) is 31.8. The number of rotatable bonds is 7. The van der Waals surface area contributed by atoms with E-state index in [1.54, 1.807) is 41.8 Å². The van der Waals surface area contributed by atoms with Crippen molar-refractivity contribution in [1.29, 1.82) is 0 Å². The third kappa shape index (κ3) is 4.14. The second-order valence-electron chi connectivity index (χ2n) is 7.48. The highest BCUT2D eigenvalue weighted by atomic mass is 16.5. The molecule has 32 heavy (non-hydrogen) atoms. The lowest BCUT2D eigenvalue weighted by Crippen LogP contribution is -2.42. The summed E-state index contributed by atoms with van der Waals surface area (Å²) in [7, 11) is 0. The molecule has 0 radical (unpaired) electrons. The standard InChI is InChI=1S/C23H25N5O4/c1-4-31-22(30)20-16(3)27(13-19(29)24-12-18-6-5-11-32-18)23-25-14-26-28(23)21(20)17-9-7-15(2)8-10-17/h5-11,14,21H,4,12-13H2,1-3H3,(H,24,29). The number of carbonyl (C=O) groups excluding carboxylic acids is 2. The molecule has 1 atom stereocenters. The van der Waals surface area contributed by atoms with Gasteiger partial charge in [-0.3, -0.25) is 4.79 Å². The molecule has 1 amide bonds. The van der Waals surface area contributed by atoms with Crippen LogP contribution in [0.5, 0.6) is 0 Å². The van der Waals surface area contributed by atoms with Crippen molar-refractivity contribution in [3.8, 4) is 0 Å². The van der Waals surface area contributed by atoms with Crippen molar-refractivity contribution in [1.82, 2.24) is 20.1 Å². The number of hydrogen-bond donors (Lipinski definition) is 1. The van der Waals surface area contributed by atoms with Gasteiger partial charge in [-0.15, -0.1) is 0 Å². The minimum atomic E-state index is -0.505. The summed E-state index contributed by atoms with van der Waals surface area (Å²) in [5, 5.41) is 7.21. The molecule has 9 heteroatoms. The van der Waals surface area contributed by atoms with Crippen LogP contribution in [-0.2, 0) is 20.9 Å². The van der Waals surface area contributed by atoms with E-state index in [-0.39, 0.29) is 25.6 Å². The predicted octanol–water partition coefficient (Wildman–Crippen LogP) is 2.74. The van der Waals surface area contributed by atoms with Crippen LogP contribution in [0, 0.1) is 6.92 Å². The number of nitrogens with zero attached hydrogens (tertiary/aromatic N) is 4. The molecule has 0 bridgehead atoms. The number of hydrogen-bond acceptors (Lipinski definition) is 7. The lowest BCUT2D eigenvalue weighted by atomic mass is 9.94. The molecule has 4 rings (SSSR count). The number of esters is 1. The van der Waals surface area contributed by atoms with Crippen molar-refractivity contribution in [3.63, 3.8) is 0 Å². The fourth-order valence-corrected chi connectivity index (χ4v) is 3.75. The Hall–Kier alpha value is -3.88. The Kier molecular flexibility index (Phi) is 6.07. The highest BCUT2D eigenvalue weighted by Gasteiger charge is 2.38. The lowest BCUT2D eigenvalue weighted by Gasteiger charge is -2.35. The van der Waals surface area contributed by atoms with E-state index in [9.17, 15) is 9.59 Å². The summed E-state index contributed by atoms with van der Waals surface area (Å²) in [5.41, 5.74) is 3.01. The molecular formula is C23H25N5O4. The van der Waals surface area contributed by atoms with Gasteiger partial charge in [0, 0.05) is 5.70 Å². The first kappa shape index (κ1) is 21.4. The highest BCUT2D eigenvalue weighted by molar-refractivity contribution is 5.93. The smallest absolute Gasteiger partial charge is 0.338 e. The van der Waals surface area contributed by atoms with Crippen LogP contribution in [-0.4, -0.2) is 39.8 Å². The first-order chi connectivity index (χ1) is 15.5. The molecule has 0 spiro atoms. The Morgan fingerprint density at radius 3 is 2.66 bits per heavy atom. The molecule has 1 unspecified atom stereocenters. The summed E-state index contributed by atoms with van der Waals surface area (Å²) < 4.78 is 12.3. The van der Waals surface area contributed by atoms with Gasteiger partial charge in [-0.25, -0.2) is 9.48 Å². The Morgan fingerprint density at radius 2 is 1.97 bits per heavy atom. The van der Waals surface area contributed by atoms with Crippen molar-refractivity contribution in [2.75, 3.05) is 18.1 Å². The average Bonchev–Trinajstić information content (AvgIpc) is 3.47. The number of fused-ring (bicyclic) bond motifs is 1. The third-order valence-electron chi connectivity index (χ3n) is 5.34. The highest BCUT2D eigenvalue weighted by Crippen LogP contribution is 2.38. The van der Waals surface area contributed by atoms with Gasteiger partial charge in [0.05, 0.1) is 25.0 Å². The van der Waals surface area contributed by atoms with Crippen LogP contribution in [0.15, 0.2) is 64.7 Å². The molecule has 0 saturated heterocycles. The minimum Gasteiger partial charge on any atom is -0.467 e. The van der Waals surface area contributed by atoms with Crippen LogP contribution in [0.4, 0.5) is 5.95 Å². The normalized spacial score (nSPS) is 15.5. The van der Waals surface area contributed by atoms with Gasteiger partial charge in [-0.2, -0.15) is 10.1 Å². The number of ether oxygens (including phenoxy) is 1. The summed E-state index contributed by atoms with van der Waals surface area (Å²) in [6.45, 7) is 6.04. The van der Waals surface area contributed by atoms with Crippen LogP contribution in [0.3, 0.4) is 0 Å². The number of aromatic nitrogens is 3. The second kappa shape index (κ2) is 9.09. The Bertz CT molecular complexity index is 1130. The SMILES string of the molecule is CCOC(=O)C1=C(C)N(CC(=O)NCc2ccco2)c2ncnn2C1c1ccc(C)cc1. The van der Waals surface area contributed by atoms with Crippen LogP contribution in [0.25, 0.3) is 0 Å². The molecule has 3 aromatic rings. The van der Waals surface area contributed by atoms with Gasteiger partial charge in [0.25, 0.3) is 0 Å². The molecular weight excluding hydrogens is 410 g/mol. The van der Waals surface area contributed by atoms with Gasteiger partial charge < -0.3 is 19.4 Å². The van der Waals surface area contributed by atoms with Crippen molar-refractivity contribution in [2.45, 2.75) is 33.4 Å². The zero-order valence-corrected chi connectivity index (χ0v) is 18.2. The summed E-state index contributed by atoms with van der Waals surface area (Å²) in [6.07, 6.45) is 2.98. The van der Waals surface area contributed by atoms with Gasteiger partial charge in [-0.05, 0) is 38.5 Å². The van der Waals surface area contributed by atoms with Crippen LogP contribution in [0.1, 0.15) is 36.8 Å². The molecule has 1 aromatic carbocycles. The van der Waals surface area contributed by atoms with Crippen LogP contribution in [0.2, 0.25) is 0 Å². The fraction of sp³-hybridized carbons (Fsp3) is 0.304. The Balaban J connectivity index is 1.69. The summed E-state index contributed by atoms with van der Waals surface area (Å²) in [5.74, 6) is 0.443. The molecule has 1 aliphatic rings. The van der Waals surface area contributed by atoms with E-state index < -0.39 is 12.0 Å². The molecule has 1 aliphatic heterocycles. The van der Waals surface area contributed by atoms with Crippen LogP contribution >= 0.6 is 0 Å². The van der Waals surface area contributed by atoms with E-state index in [0.717, 1.165) is 11.1 Å². The number of anilines is 1. The van der Waals surface area contributed by atoms with Gasteiger partial charge >= 0.3 is 5.97 Å². The topological polar surface area (TPSA) is 102 Å². The maximum atomic E-state index is 13.0. The van der Waals surface area contributed by atoms with Crippen LogP contribution < -0.4 is 10.2 Å². The first-order valence-corrected chi connectivity index (χ1v) is 10.4. The van der Waals surface area contributed by atoms with E-state index in [1.807, 2.05) is 31.2 Å². The van der Waals surface area contributed by atoms with Crippen molar-refractivity contribution in [2.24, 2.45) is 0 Å². The van der Waals surface area contributed by atoms with Gasteiger partial charge in [-0.1, -0.05) is 29.8 Å². The second-order valence-corrected chi connectivity index (χ2v) is 7.48. The molecule has 2 aromatic heterocycles. The fourth-order valence-electron chi connectivity index (χ4n) is 3.75. The molecule has 1 N–H and O–H groups in total. The first-order valence-electron chi connectivity index (χ1n) is 10.4. The maximum Gasteiger partial charge on any atom is 0.338 e. The number of furan rings is 1. The zero-order valence-electron chi connectivity index (χ0n) is 18.2. The molecule has 0 saturated carbocycles. The van der Waals surface area contributed by atoms with E-state index in [4.69, 9.17) is 9.15 Å². The molecule has 166 valence electrons. The lowest BCUT2D eigenvalue weighted by molar-refractivity contribution is -0.139. The van der Waals surface area contributed by atoms with Crippen molar-refractivity contribution < 1.29 is 18.7 Å². The Morgan fingerprint density at radius 1 is 1.19 bits per heavy atom. The molecule has 0 fully saturated rings. The minimum absolute atomic E-state index is 0.0330. The van der Waals surface area contributed by atoms with Gasteiger partial charge in [0.1, 0.15) is 24.7 Å². The summed E-state index contributed by atoms with van der Waals surface area (Å²) in [6, 6.07) is 10.9. The van der Waals surface area contributed by atoms with Gasteiger partial charge in [0.2, 0.25) is 11.9 Å². The number of carbonyl (C=O) groups is 2. The number of aryl methyl sites for hydroxylation is 1. The monoisotopic (exact) mass is 435 g/mol. The van der Waals surface area contributed by atoms with Gasteiger partial charge in [0.15, 0.2) is 0 Å². The predicted molar refractivity (Wildman–Crippen MR) is 117 cm³/mol. The quantitative estimate of drug-likeness (QED) is 0.569. The van der Waals surface area contributed by atoms with E-state index in [1.165, 1.54) is 6.33 Å². The van der Waals surface area contributed by atoms with Crippen molar-refractivity contribution in [3.05, 3.63) is 77.1 Å². The Labute approximate surface area is 185 Å². The third-order valence-corrected chi connectivity index (χ3v) is 5.34. The van der Waals surface area contributed by atoms with E-state index in [2.05, 4.69) is 15.4 Å².